The van der Waals surface area contributed by atoms with Gasteiger partial charge in [-0.25, -0.2) is 0 Å². The third-order valence-corrected chi connectivity index (χ3v) is 5.29. The van der Waals surface area contributed by atoms with Gasteiger partial charge in [-0.3, -0.25) is 14.5 Å². The number of amides is 2. The van der Waals surface area contributed by atoms with E-state index in [0.29, 0.717) is 34.9 Å². The van der Waals surface area contributed by atoms with Crippen molar-refractivity contribution in [3.63, 3.8) is 0 Å². The molecule has 2 heterocycles. The van der Waals surface area contributed by atoms with Crippen LogP contribution in [0.15, 0.2) is 66.9 Å². The zero-order valence-corrected chi connectivity index (χ0v) is 15.6. The lowest BCUT2D eigenvalue weighted by Crippen LogP contribution is -2.37. The molecule has 2 amide bonds. The van der Waals surface area contributed by atoms with E-state index in [-0.39, 0.29) is 18.4 Å². The van der Waals surface area contributed by atoms with Gasteiger partial charge in [0.2, 0.25) is 0 Å². The molecule has 0 bridgehead atoms. The molecule has 0 aromatic heterocycles. The summed E-state index contributed by atoms with van der Waals surface area (Å²) in [4.78, 5) is 29.4. The molecule has 0 spiro atoms. The van der Waals surface area contributed by atoms with E-state index >= 15 is 0 Å². The van der Waals surface area contributed by atoms with Gasteiger partial charge in [0, 0.05) is 24.7 Å². The fraction of sp³-hybridized carbons (Fsp3) is 0.182. The second-order valence-electron chi connectivity index (χ2n) is 6.68. The normalized spacial score (nSPS) is 16.8. The maximum absolute atomic E-state index is 13.1. The van der Waals surface area contributed by atoms with Crippen LogP contribution in [0.2, 0.25) is 5.02 Å². The van der Waals surface area contributed by atoms with E-state index in [1.165, 1.54) is 16.0 Å². The van der Waals surface area contributed by atoms with E-state index in [2.05, 4.69) is 18.7 Å². The summed E-state index contributed by atoms with van der Waals surface area (Å²) in [6.07, 6.45) is 2.42. The minimum atomic E-state index is -0.281. The van der Waals surface area contributed by atoms with Crippen molar-refractivity contribution < 1.29 is 9.59 Å². The zero-order valence-electron chi connectivity index (χ0n) is 14.8. The molecule has 0 fully saturated rings. The molecule has 27 heavy (non-hydrogen) atoms. The number of rotatable bonds is 4. The molecule has 0 unspecified atom stereocenters. The lowest BCUT2D eigenvalue weighted by Gasteiger charge is -2.31. The van der Waals surface area contributed by atoms with E-state index < -0.39 is 0 Å². The maximum Gasteiger partial charge on any atom is 0.278 e. The summed E-state index contributed by atoms with van der Waals surface area (Å²) < 4.78 is 0. The predicted octanol–water partition coefficient (Wildman–Crippen LogP) is 3.66. The predicted molar refractivity (Wildman–Crippen MR) is 106 cm³/mol. The minimum absolute atomic E-state index is 0.197. The van der Waals surface area contributed by atoms with Crippen molar-refractivity contribution in [2.75, 3.05) is 13.1 Å². The Morgan fingerprint density at radius 1 is 1.00 bits per heavy atom. The van der Waals surface area contributed by atoms with Crippen molar-refractivity contribution >= 4 is 29.0 Å². The third-order valence-electron chi connectivity index (χ3n) is 5.03. The maximum atomic E-state index is 13.1. The Morgan fingerprint density at radius 2 is 1.70 bits per heavy atom. The molecule has 0 atom stereocenters. The average Bonchev–Trinajstić information content (AvgIpc) is 2.93. The Hall–Kier alpha value is -2.85. The lowest BCUT2D eigenvalue weighted by atomic mass is 9.98. The van der Waals surface area contributed by atoms with Crippen molar-refractivity contribution in [3.8, 4) is 0 Å². The Bertz CT molecular complexity index is 963. The summed E-state index contributed by atoms with van der Waals surface area (Å²) >= 11 is 6.00. The molecule has 0 aliphatic carbocycles. The number of benzene rings is 2. The zero-order chi connectivity index (χ0) is 19.0. The van der Waals surface area contributed by atoms with Crippen LogP contribution in [-0.2, 0) is 22.6 Å². The Labute approximate surface area is 163 Å². The highest BCUT2D eigenvalue weighted by Crippen LogP contribution is 2.34. The minimum Gasteiger partial charge on any atom is -0.362 e. The van der Waals surface area contributed by atoms with Crippen LogP contribution in [0, 0.1) is 0 Å². The number of carbonyl (C=O) groups is 2. The molecule has 2 aliphatic heterocycles. The molecule has 0 saturated heterocycles. The van der Waals surface area contributed by atoms with Crippen molar-refractivity contribution in [1.29, 1.82) is 0 Å². The van der Waals surface area contributed by atoms with Crippen LogP contribution >= 0.6 is 11.6 Å². The van der Waals surface area contributed by atoms with Gasteiger partial charge < -0.3 is 4.90 Å². The largest absolute Gasteiger partial charge is 0.362 e. The first-order valence-electron chi connectivity index (χ1n) is 8.89. The molecule has 0 N–H and O–H groups in total. The molecule has 4 rings (SSSR count). The van der Waals surface area contributed by atoms with Crippen LogP contribution in [0.5, 0.6) is 0 Å². The second kappa shape index (κ2) is 7.05. The standard InChI is InChI=1S/C22H19ClN2O2/c1-2-12-25-21(26)19(16-7-9-18(23)10-8-16)20(22(25)27)24-13-11-15-5-3-4-6-17(15)14-24/h2-10H,1,11-14H2. The van der Waals surface area contributed by atoms with Gasteiger partial charge in [-0.2, -0.15) is 0 Å². The highest BCUT2D eigenvalue weighted by molar-refractivity contribution is 6.36. The monoisotopic (exact) mass is 378 g/mol. The Kier molecular flexibility index (Phi) is 4.58. The molecule has 0 radical (unpaired) electrons. The molecule has 2 aliphatic rings. The molecule has 5 heteroatoms. The van der Waals surface area contributed by atoms with Crippen molar-refractivity contribution in [2.24, 2.45) is 0 Å². The second-order valence-corrected chi connectivity index (χ2v) is 7.12. The van der Waals surface area contributed by atoms with Crippen LogP contribution in [0.1, 0.15) is 16.7 Å². The highest BCUT2D eigenvalue weighted by atomic mass is 35.5. The van der Waals surface area contributed by atoms with E-state index in [1.54, 1.807) is 30.3 Å². The average molecular weight is 379 g/mol. The number of halogens is 1. The molecular formula is C22H19ClN2O2. The lowest BCUT2D eigenvalue weighted by molar-refractivity contribution is -0.136. The van der Waals surface area contributed by atoms with Crippen molar-refractivity contribution in [3.05, 3.63) is 88.6 Å². The number of carbonyl (C=O) groups excluding carboxylic acids is 2. The fourth-order valence-corrected chi connectivity index (χ4v) is 3.84. The smallest absolute Gasteiger partial charge is 0.278 e. The topological polar surface area (TPSA) is 40.6 Å². The number of fused-ring (bicyclic) bond motifs is 1. The quantitative estimate of drug-likeness (QED) is 0.602. The van der Waals surface area contributed by atoms with E-state index in [4.69, 9.17) is 11.6 Å². The first-order chi connectivity index (χ1) is 13.1. The SMILES string of the molecule is C=CCN1C(=O)C(c2ccc(Cl)cc2)=C(N2CCc3ccccc3C2)C1=O. The van der Waals surface area contributed by atoms with Gasteiger partial charge in [-0.05, 0) is 35.2 Å². The van der Waals surface area contributed by atoms with Crippen LogP contribution in [0.3, 0.4) is 0 Å². The van der Waals surface area contributed by atoms with Gasteiger partial charge in [0.1, 0.15) is 5.70 Å². The van der Waals surface area contributed by atoms with Crippen LogP contribution in [0.4, 0.5) is 0 Å². The summed E-state index contributed by atoms with van der Waals surface area (Å²) in [5.74, 6) is -0.541. The van der Waals surface area contributed by atoms with E-state index in [1.807, 2.05) is 17.0 Å². The van der Waals surface area contributed by atoms with Gasteiger partial charge in [0.05, 0.1) is 5.57 Å². The summed E-state index contributed by atoms with van der Waals surface area (Å²) in [7, 11) is 0. The summed E-state index contributed by atoms with van der Waals surface area (Å²) in [6.45, 7) is 5.18. The summed E-state index contributed by atoms with van der Waals surface area (Å²) in [5, 5.41) is 0.590. The van der Waals surface area contributed by atoms with Gasteiger partial charge >= 0.3 is 0 Å². The van der Waals surface area contributed by atoms with Gasteiger partial charge in [-0.1, -0.05) is 54.1 Å². The van der Waals surface area contributed by atoms with Crippen molar-refractivity contribution in [2.45, 2.75) is 13.0 Å². The molecular weight excluding hydrogens is 360 g/mol. The molecule has 2 aromatic carbocycles. The number of imide groups is 1. The number of nitrogens with zero attached hydrogens (tertiary/aromatic N) is 2. The molecule has 0 saturated carbocycles. The summed E-state index contributed by atoms with van der Waals surface area (Å²) in [5.41, 5.74) is 4.10. The fourth-order valence-electron chi connectivity index (χ4n) is 3.71. The molecule has 136 valence electrons. The number of hydrogen-bond acceptors (Lipinski definition) is 3. The Balaban J connectivity index is 1.80. The summed E-state index contributed by atoms with van der Waals surface area (Å²) in [6, 6.07) is 15.3. The van der Waals surface area contributed by atoms with Crippen molar-refractivity contribution in [1.82, 2.24) is 9.80 Å². The number of hydrogen-bond donors (Lipinski definition) is 0. The third kappa shape index (κ3) is 3.06. The molecule has 2 aromatic rings. The first-order valence-corrected chi connectivity index (χ1v) is 9.27. The Morgan fingerprint density at radius 3 is 2.41 bits per heavy atom. The van der Waals surface area contributed by atoms with Gasteiger partial charge in [0.15, 0.2) is 0 Å². The van der Waals surface area contributed by atoms with Crippen LogP contribution < -0.4 is 0 Å². The first kappa shape index (κ1) is 17.6. The molecule has 4 nitrogen and oxygen atoms in total. The van der Waals surface area contributed by atoms with Gasteiger partial charge in [-0.15, -0.1) is 6.58 Å². The van der Waals surface area contributed by atoms with Gasteiger partial charge in [0.25, 0.3) is 11.8 Å². The highest BCUT2D eigenvalue weighted by Gasteiger charge is 2.41. The van der Waals surface area contributed by atoms with E-state index in [9.17, 15) is 9.59 Å². The van der Waals surface area contributed by atoms with E-state index in [0.717, 1.165) is 6.42 Å². The van der Waals surface area contributed by atoms with Crippen LogP contribution in [0.25, 0.3) is 5.57 Å². The van der Waals surface area contributed by atoms with Crippen LogP contribution in [-0.4, -0.2) is 34.7 Å².